The van der Waals surface area contributed by atoms with Crippen molar-refractivity contribution in [3.8, 4) is 0 Å². The molecule has 0 fully saturated rings. The van der Waals surface area contributed by atoms with Crippen LogP contribution in [0.4, 0.5) is 0 Å². The normalized spacial score (nSPS) is 10.5. The zero-order valence-electron chi connectivity index (χ0n) is 12.5. The van der Waals surface area contributed by atoms with Crippen LogP contribution in [0.1, 0.15) is 12.5 Å². The van der Waals surface area contributed by atoms with Crippen molar-refractivity contribution < 1.29 is 24.2 Å². The second-order valence-electron chi connectivity index (χ2n) is 4.52. The Morgan fingerprint density at radius 2 is 2.00 bits per heavy atom. The summed E-state index contributed by atoms with van der Waals surface area (Å²) in [4.78, 5) is 24.3. The maximum Gasteiger partial charge on any atom is 0.323 e. The van der Waals surface area contributed by atoms with Gasteiger partial charge >= 0.3 is 5.97 Å². The molecule has 1 aromatic carbocycles. The highest BCUT2D eigenvalue weighted by Crippen LogP contribution is 2.13. The Hall–Kier alpha value is -1.44. The molecule has 0 aliphatic heterocycles. The molecule has 1 amide bonds. The summed E-state index contributed by atoms with van der Waals surface area (Å²) in [6.45, 7) is 2.88. The molecule has 1 N–H and O–H groups in total. The predicted octanol–water partition coefficient (Wildman–Crippen LogP) is 1.92. The van der Waals surface area contributed by atoms with E-state index in [9.17, 15) is 9.59 Å². The van der Waals surface area contributed by atoms with E-state index in [0.29, 0.717) is 19.8 Å². The van der Waals surface area contributed by atoms with Gasteiger partial charge in [-0.25, -0.2) is 0 Å². The summed E-state index contributed by atoms with van der Waals surface area (Å²) >= 11 is 3.35. The lowest BCUT2D eigenvalue weighted by Gasteiger charge is -2.21. The summed E-state index contributed by atoms with van der Waals surface area (Å²) in [6, 6.07) is 7.38. The van der Waals surface area contributed by atoms with Gasteiger partial charge in [-0.1, -0.05) is 28.1 Å². The van der Waals surface area contributed by atoms with Gasteiger partial charge in [0.15, 0.2) is 0 Å². The molecule has 0 heterocycles. The number of hydrogen-bond donors (Lipinski definition) is 1. The first-order chi connectivity index (χ1) is 10.5. The lowest BCUT2D eigenvalue weighted by Crippen LogP contribution is -2.37. The summed E-state index contributed by atoms with van der Waals surface area (Å²) < 4.78 is 11.2. The third-order valence-electron chi connectivity index (χ3n) is 2.74. The summed E-state index contributed by atoms with van der Waals surface area (Å²) in [5.74, 6) is -1.42. The highest BCUT2D eigenvalue weighted by molar-refractivity contribution is 9.10. The number of hydrogen-bond acceptors (Lipinski definition) is 4. The first kappa shape index (κ1) is 18.6. The second-order valence-corrected chi connectivity index (χ2v) is 5.44. The Balaban J connectivity index is 2.55. The van der Waals surface area contributed by atoms with Gasteiger partial charge in [0.1, 0.15) is 13.2 Å². The molecule has 0 aliphatic rings. The fraction of sp³-hybridized carbons (Fsp3) is 0.467. The molecule has 0 aliphatic carbocycles. The van der Waals surface area contributed by atoms with E-state index in [2.05, 4.69) is 15.9 Å². The molecule has 0 saturated carbocycles. The Morgan fingerprint density at radius 3 is 2.64 bits per heavy atom. The van der Waals surface area contributed by atoms with E-state index >= 15 is 0 Å². The van der Waals surface area contributed by atoms with E-state index in [1.165, 1.54) is 4.90 Å². The van der Waals surface area contributed by atoms with Gasteiger partial charge in [0.2, 0.25) is 5.91 Å². The van der Waals surface area contributed by atoms with E-state index in [1.807, 2.05) is 31.2 Å². The van der Waals surface area contributed by atoms with E-state index in [4.69, 9.17) is 14.6 Å². The van der Waals surface area contributed by atoms with E-state index in [0.717, 1.165) is 10.0 Å². The maximum atomic E-state index is 12.1. The molecule has 0 aromatic heterocycles. The Bertz CT molecular complexity index is 495. The number of amides is 1. The zero-order chi connectivity index (χ0) is 16.4. The molecule has 0 saturated heterocycles. The zero-order valence-corrected chi connectivity index (χ0v) is 14.0. The average Bonchev–Trinajstić information content (AvgIpc) is 2.45. The van der Waals surface area contributed by atoms with Crippen molar-refractivity contribution in [1.82, 2.24) is 4.90 Å². The SMILES string of the molecule is CCOCCOCC(=O)N(CC(=O)O)Cc1cccc(Br)c1. The number of carbonyl (C=O) groups excluding carboxylic acids is 1. The van der Waals surface area contributed by atoms with E-state index in [1.54, 1.807) is 0 Å². The monoisotopic (exact) mass is 373 g/mol. The van der Waals surface area contributed by atoms with Crippen LogP contribution < -0.4 is 0 Å². The van der Waals surface area contributed by atoms with Crippen molar-refractivity contribution in [3.05, 3.63) is 34.3 Å². The van der Waals surface area contributed by atoms with Gasteiger partial charge in [0.05, 0.1) is 13.2 Å². The fourth-order valence-corrected chi connectivity index (χ4v) is 2.21. The summed E-state index contributed by atoms with van der Waals surface area (Å²) in [5, 5.41) is 8.94. The fourth-order valence-electron chi connectivity index (χ4n) is 1.76. The molecule has 0 unspecified atom stereocenters. The highest BCUT2D eigenvalue weighted by atomic mass is 79.9. The summed E-state index contributed by atoms with van der Waals surface area (Å²) in [5.41, 5.74) is 0.846. The second kappa shape index (κ2) is 10.3. The number of carboxylic acid groups (broad SMARTS) is 1. The predicted molar refractivity (Wildman–Crippen MR) is 84.5 cm³/mol. The van der Waals surface area contributed by atoms with E-state index < -0.39 is 5.97 Å². The number of carboxylic acids is 1. The lowest BCUT2D eigenvalue weighted by atomic mass is 10.2. The van der Waals surface area contributed by atoms with Crippen molar-refractivity contribution in [2.45, 2.75) is 13.5 Å². The summed E-state index contributed by atoms with van der Waals surface area (Å²) in [7, 11) is 0. The number of halogens is 1. The van der Waals surface area contributed by atoms with Gasteiger partial charge in [0.25, 0.3) is 0 Å². The number of carbonyl (C=O) groups is 2. The van der Waals surface area contributed by atoms with Gasteiger partial charge in [-0.2, -0.15) is 0 Å². The number of benzene rings is 1. The minimum atomic E-state index is -1.06. The van der Waals surface area contributed by atoms with Crippen LogP contribution in [0, 0.1) is 0 Å². The largest absolute Gasteiger partial charge is 0.480 e. The molecule has 0 spiro atoms. The van der Waals surface area contributed by atoms with E-state index in [-0.39, 0.29) is 25.6 Å². The van der Waals surface area contributed by atoms with Gasteiger partial charge in [-0.05, 0) is 24.6 Å². The van der Waals surface area contributed by atoms with Crippen LogP contribution >= 0.6 is 15.9 Å². The first-order valence-electron chi connectivity index (χ1n) is 6.92. The molecule has 0 radical (unpaired) electrons. The smallest absolute Gasteiger partial charge is 0.323 e. The van der Waals surface area contributed by atoms with Gasteiger partial charge in [-0.3, -0.25) is 9.59 Å². The molecule has 122 valence electrons. The topological polar surface area (TPSA) is 76.1 Å². The van der Waals surface area contributed by atoms with Crippen LogP contribution in [0.2, 0.25) is 0 Å². The average molecular weight is 374 g/mol. The molecular formula is C15H20BrNO5. The van der Waals surface area contributed by atoms with Crippen LogP contribution in [-0.4, -0.2) is 54.9 Å². The van der Waals surface area contributed by atoms with Gasteiger partial charge < -0.3 is 19.5 Å². The Labute approximate surface area is 138 Å². The van der Waals surface area contributed by atoms with Crippen LogP contribution in [0.3, 0.4) is 0 Å². The number of aliphatic carboxylic acids is 1. The molecule has 0 atom stereocenters. The number of rotatable bonds is 10. The Morgan fingerprint density at radius 1 is 1.27 bits per heavy atom. The first-order valence-corrected chi connectivity index (χ1v) is 7.71. The van der Waals surface area contributed by atoms with Crippen molar-refractivity contribution in [2.75, 3.05) is 33.0 Å². The standard InChI is InChI=1S/C15H20BrNO5/c1-2-21-6-7-22-11-14(18)17(10-15(19)20)9-12-4-3-5-13(16)8-12/h3-5,8H,2,6-7,9-11H2,1H3,(H,19,20). The van der Waals surface area contributed by atoms with Gasteiger partial charge in [-0.15, -0.1) is 0 Å². The summed E-state index contributed by atoms with van der Waals surface area (Å²) in [6.07, 6.45) is 0. The quantitative estimate of drug-likeness (QED) is 0.634. The third-order valence-corrected chi connectivity index (χ3v) is 3.24. The van der Waals surface area contributed by atoms with Crippen molar-refractivity contribution in [3.63, 3.8) is 0 Å². The van der Waals surface area contributed by atoms with Crippen molar-refractivity contribution in [1.29, 1.82) is 0 Å². The molecule has 1 aromatic rings. The lowest BCUT2D eigenvalue weighted by molar-refractivity contribution is -0.147. The van der Waals surface area contributed by atoms with Crippen LogP contribution in [0.15, 0.2) is 28.7 Å². The molecule has 7 heteroatoms. The van der Waals surface area contributed by atoms with Crippen LogP contribution in [0.25, 0.3) is 0 Å². The van der Waals surface area contributed by atoms with Crippen molar-refractivity contribution in [2.24, 2.45) is 0 Å². The molecular weight excluding hydrogens is 354 g/mol. The molecule has 0 bridgehead atoms. The van der Waals surface area contributed by atoms with Crippen molar-refractivity contribution >= 4 is 27.8 Å². The molecule has 22 heavy (non-hydrogen) atoms. The maximum absolute atomic E-state index is 12.1. The number of nitrogens with zero attached hydrogens (tertiary/aromatic N) is 1. The third kappa shape index (κ3) is 7.53. The minimum Gasteiger partial charge on any atom is -0.480 e. The van der Waals surface area contributed by atoms with Gasteiger partial charge in [0, 0.05) is 17.6 Å². The minimum absolute atomic E-state index is 0.158. The number of ether oxygens (including phenoxy) is 2. The highest BCUT2D eigenvalue weighted by Gasteiger charge is 2.17. The molecule has 1 rings (SSSR count). The van der Waals surface area contributed by atoms with Crippen LogP contribution in [0.5, 0.6) is 0 Å². The molecule has 6 nitrogen and oxygen atoms in total. The Kier molecular flexibility index (Phi) is 8.72. The van der Waals surface area contributed by atoms with Crippen LogP contribution in [-0.2, 0) is 25.6 Å².